The molecule has 0 saturated carbocycles. The minimum atomic E-state index is -0.336. The van der Waals surface area contributed by atoms with Crippen LogP contribution in [0.15, 0.2) is 46.9 Å². The van der Waals surface area contributed by atoms with Crippen LogP contribution in [0.3, 0.4) is 0 Å². The molecule has 0 atom stereocenters. The van der Waals surface area contributed by atoms with Crippen LogP contribution in [-0.2, 0) is 5.41 Å². The Kier molecular flexibility index (Phi) is 4.52. The molecule has 0 aliphatic carbocycles. The van der Waals surface area contributed by atoms with E-state index >= 15 is 0 Å². The zero-order valence-electron chi connectivity index (χ0n) is 12.7. The van der Waals surface area contributed by atoms with Crippen molar-refractivity contribution in [3.05, 3.63) is 63.6 Å². The molecule has 0 radical (unpaired) electrons. The molecule has 2 aromatic carbocycles. The van der Waals surface area contributed by atoms with E-state index in [1.54, 1.807) is 12.1 Å². The van der Waals surface area contributed by atoms with Crippen molar-refractivity contribution >= 4 is 21.9 Å². The van der Waals surface area contributed by atoms with Crippen molar-refractivity contribution < 1.29 is 9.53 Å². The molecule has 0 unspecified atom stereocenters. The summed E-state index contributed by atoms with van der Waals surface area (Å²) in [6.45, 7) is 8.37. The SMILES string of the molecule is Cc1ccc(OC(=O)c2ccc(Br)cc2)c(C(C)(C)C)c1. The van der Waals surface area contributed by atoms with E-state index in [2.05, 4.69) is 42.8 Å². The van der Waals surface area contributed by atoms with Crippen LogP contribution in [0.2, 0.25) is 0 Å². The summed E-state index contributed by atoms with van der Waals surface area (Å²) in [5.74, 6) is 0.290. The fraction of sp³-hybridized carbons (Fsp3) is 0.278. The van der Waals surface area contributed by atoms with E-state index in [-0.39, 0.29) is 11.4 Å². The maximum absolute atomic E-state index is 12.3. The third-order valence-electron chi connectivity index (χ3n) is 3.23. The number of carbonyl (C=O) groups excluding carboxylic acids is 1. The minimum absolute atomic E-state index is 0.0820. The van der Waals surface area contributed by atoms with Crippen molar-refractivity contribution in [2.45, 2.75) is 33.1 Å². The molecule has 2 rings (SSSR count). The fourth-order valence-electron chi connectivity index (χ4n) is 2.06. The van der Waals surface area contributed by atoms with Gasteiger partial charge in [0.2, 0.25) is 0 Å². The predicted molar refractivity (Wildman–Crippen MR) is 89.0 cm³/mol. The van der Waals surface area contributed by atoms with Gasteiger partial charge in [-0.25, -0.2) is 4.79 Å². The highest BCUT2D eigenvalue weighted by Gasteiger charge is 2.21. The second kappa shape index (κ2) is 6.02. The zero-order valence-corrected chi connectivity index (χ0v) is 14.3. The van der Waals surface area contributed by atoms with Crippen LogP contribution >= 0.6 is 15.9 Å². The number of hydrogen-bond acceptors (Lipinski definition) is 2. The summed E-state index contributed by atoms with van der Waals surface area (Å²) in [5.41, 5.74) is 2.65. The molecule has 21 heavy (non-hydrogen) atoms. The van der Waals surface area contributed by atoms with E-state index in [4.69, 9.17) is 4.74 Å². The second-order valence-electron chi connectivity index (χ2n) is 6.15. The van der Waals surface area contributed by atoms with Crippen molar-refractivity contribution in [1.29, 1.82) is 0 Å². The van der Waals surface area contributed by atoms with Gasteiger partial charge in [-0.3, -0.25) is 0 Å². The zero-order chi connectivity index (χ0) is 15.6. The number of benzene rings is 2. The van der Waals surface area contributed by atoms with Gasteiger partial charge in [-0.1, -0.05) is 54.4 Å². The molecular formula is C18H19BrO2. The monoisotopic (exact) mass is 346 g/mol. The molecule has 0 aliphatic heterocycles. The molecule has 2 nitrogen and oxygen atoms in total. The van der Waals surface area contributed by atoms with Crippen LogP contribution < -0.4 is 4.74 Å². The van der Waals surface area contributed by atoms with Gasteiger partial charge in [-0.15, -0.1) is 0 Å². The van der Waals surface area contributed by atoms with Crippen molar-refractivity contribution in [2.24, 2.45) is 0 Å². The third-order valence-corrected chi connectivity index (χ3v) is 3.75. The number of halogens is 1. The summed E-state index contributed by atoms with van der Waals surface area (Å²) in [7, 11) is 0. The van der Waals surface area contributed by atoms with Gasteiger partial charge in [-0.2, -0.15) is 0 Å². The number of carbonyl (C=O) groups is 1. The highest BCUT2D eigenvalue weighted by Crippen LogP contribution is 2.32. The molecule has 0 fully saturated rings. The standard InChI is InChI=1S/C18H19BrO2/c1-12-5-10-16(15(11-12)18(2,3)4)21-17(20)13-6-8-14(19)9-7-13/h5-11H,1-4H3. The van der Waals surface area contributed by atoms with E-state index in [0.717, 1.165) is 15.6 Å². The number of hydrogen-bond donors (Lipinski definition) is 0. The molecule has 0 aromatic heterocycles. The molecule has 110 valence electrons. The molecule has 0 saturated heterocycles. The summed E-state index contributed by atoms with van der Waals surface area (Å²) >= 11 is 3.35. The quantitative estimate of drug-likeness (QED) is 0.546. The van der Waals surface area contributed by atoms with E-state index in [9.17, 15) is 4.79 Å². The molecule has 0 aliphatic rings. The lowest BCUT2D eigenvalue weighted by Gasteiger charge is -2.22. The van der Waals surface area contributed by atoms with Gasteiger partial charge in [0, 0.05) is 10.0 Å². The van der Waals surface area contributed by atoms with Crippen LogP contribution in [-0.4, -0.2) is 5.97 Å². The Labute approximate surface area is 134 Å². The molecule has 3 heteroatoms. The summed E-state index contributed by atoms with van der Waals surface area (Å²) in [6, 6.07) is 13.1. The van der Waals surface area contributed by atoms with Crippen LogP contribution in [0.4, 0.5) is 0 Å². The van der Waals surface area contributed by atoms with Gasteiger partial charge in [-0.05, 0) is 42.7 Å². The van der Waals surface area contributed by atoms with Gasteiger partial charge in [0.25, 0.3) is 0 Å². The van der Waals surface area contributed by atoms with Crippen molar-refractivity contribution in [1.82, 2.24) is 0 Å². The largest absolute Gasteiger partial charge is 0.423 e. The Morgan fingerprint density at radius 3 is 2.24 bits per heavy atom. The fourth-order valence-corrected chi connectivity index (χ4v) is 2.33. The highest BCUT2D eigenvalue weighted by molar-refractivity contribution is 9.10. The number of rotatable bonds is 2. The van der Waals surface area contributed by atoms with Crippen molar-refractivity contribution in [3.8, 4) is 5.75 Å². The van der Waals surface area contributed by atoms with E-state index in [1.165, 1.54) is 0 Å². The maximum atomic E-state index is 12.3. The van der Waals surface area contributed by atoms with Gasteiger partial charge >= 0.3 is 5.97 Å². The van der Waals surface area contributed by atoms with Gasteiger partial charge < -0.3 is 4.74 Å². The lowest BCUT2D eigenvalue weighted by molar-refractivity contribution is 0.0732. The van der Waals surface area contributed by atoms with Gasteiger partial charge in [0.05, 0.1) is 5.56 Å². The van der Waals surface area contributed by atoms with E-state index in [0.29, 0.717) is 11.3 Å². The normalized spacial score (nSPS) is 11.3. The van der Waals surface area contributed by atoms with Gasteiger partial charge in [0.1, 0.15) is 5.75 Å². The molecule has 2 aromatic rings. The summed E-state index contributed by atoms with van der Waals surface area (Å²) < 4.78 is 6.53. The maximum Gasteiger partial charge on any atom is 0.343 e. The average molecular weight is 347 g/mol. The smallest absolute Gasteiger partial charge is 0.343 e. The molecule has 0 amide bonds. The van der Waals surface area contributed by atoms with E-state index in [1.807, 2.05) is 31.2 Å². The molecule has 0 N–H and O–H groups in total. The minimum Gasteiger partial charge on any atom is -0.423 e. The first kappa shape index (κ1) is 15.8. The number of esters is 1. The molecule has 0 spiro atoms. The predicted octanol–water partition coefficient (Wildman–Crippen LogP) is 5.27. The summed E-state index contributed by atoms with van der Waals surface area (Å²) in [5, 5.41) is 0. The third kappa shape index (κ3) is 3.94. The Morgan fingerprint density at radius 2 is 1.67 bits per heavy atom. The summed E-state index contributed by atoms with van der Waals surface area (Å²) in [6.07, 6.45) is 0. The highest BCUT2D eigenvalue weighted by atomic mass is 79.9. The van der Waals surface area contributed by atoms with Gasteiger partial charge in [0.15, 0.2) is 0 Å². The first-order valence-electron chi connectivity index (χ1n) is 6.86. The Morgan fingerprint density at radius 1 is 1.05 bits per heavy atom. The Bertz CT molecular complexity index is 652. The first-order valence-corrected chi connectivity index (χ1v) is 7.65. The first-order chi connectivity index (χ1) is 9.77. The lowest BCUT2D eigenvalue weighted by Crippen LogP contribution is -2.16. The number of aryl methyl sites for hydroxylation is 1. The number of ether oxygens (including phenoxy) is 1. The Hall–Kier alpha value is -1.61. The van der Waals surface area contributed by atoms with Crippen LogP contribution in [0.5, 0.6) is 5.75 Å². The van der Waals surface area contributed by atoms with E-state index < -0.39 is 0 Å². The molecule has 0 heterocycles. The molecule has 0 bridgehead atoms. The lowest BCUT2D eigenvalue weighted by atomic mass is 9.85. The van der Waals surface area contributed by atoms with Crippen molar-refractivity contribution in [2.75, 3.05) is 0 Å². The Balaban J connectivity index is 2.31. The van der Waals surface area contributed by atoms with Crippen molar-refractivity contribution in [3.63, 3.8) is 0 Å². The van der Waals surface area contributed by atoms with Crippen LogP contribution in [0, 0.1) is 6.92 Å². The summed E-state index contributed by atoms with van der Waals surface area (Å²) in [4.78, 5) is 12.3. The average Bonchev–Trinajstić information content (AvgIpc) is 2.40. The molecular weight excluding hydrogens is 328 g/mol. The topological polar surface area (TPSA) is 26.3 Å². The second-order valence-corrected chi connectivity index (χ2v) is 7.06. The van der Waals surface area contributed by atoms with Crippen LogP contribution in [0.1, 0.15) is 42.3 Å². The van der Waals surface area contributed by atoms with Crippen LogP contribution in [0.25, 0.3) is 0 Å².